The Balaban J connectivity index is 1.71. The van der Waals surface area contributed by atoms with Crippen LogP contribution in [0.3, 0.4) is 0 Å². The molecule has 2 aromatic carbocycles. The molecule has 3 N–H and O–H groups in total. The molecule has 4 rings (SSSR count). The second kappa shape index (κ2) is 9.04. The molecule has 0 bridgehead atoms. The number of aryl methyl sites for hydroxylation is 2. The summed E-state index contributed by atoms with van der Waals surface area (Å²) in [5.74, 6) is -0.600. The van der Waals surface area contributed by atoms with Crippen molar-refractivity contribution in [1.29, 1.82) is 0 Å². The number of rotatable bonds is 6. The van der Waals surface area contributed by atoms with Gasteiger partial charge in [-0.25, -0.2) is 10.5 Å². The molecule has 0 aliphatic heterocycles. The predicted molar refractivity (Wildman–Crippen MR) is 120 cm³/mol. The first-order chi connectivity index (χ1) is 15.1. The molecule has 156 valence electrons. The van der Waals surface area contributed by atoms with E-state index in [9.17, 15) is 4.79 Å². The number of aliphatic hydroxyl groups is 1. The molecule has 1 amide bonds. The summed E-state index contributed by atoms with van der Waals surface area (Å²) in [6.45, 7) is 2.21. The van der Waals surface area contributed by atoms with Gasteiger partial charge in [-0.15, -0.1) is 0 Å². The van der Waals surface area contributed by atoms with Gasteiger partial charge < -0.3 is 5.11 Å². The fourth-order valence-electron chi connectivity index (χ4n) is 3.73. The van der Waals surface area contributed by atoms with Crippen LogP contribution in [-0.2, 0) is 6.42 Å². The summed E-state index contributed by atoms with van der Waals surface area (Å²) < 4.78 is 0. The summed E-state index contributed by atoms with van der Waals surface area (Å²) in [6, 6.07) is 17.9. The summed E-state index contributed by atoms with van der Waals surface area (Å²) in [7, 11) is 0. The second-order valence-electron chi connectivity index (χ2n) is 7.44. The first kappa shape index (κ1) is 20.7. The van der Waals surface area contributed by atoms with Crippen molar-refractivity contribution in [3.63, 3.8) is 0 Å². The van der Waals surface area contributed by atoms with Crippen molar-refractivity contribution >= 4 is 16.8 Å². The highest BCUT2D eigenvalue weighted by Crippen LogP contribution is 2.30. The SMILES string of the molecule is Cc1cc(-c2ccc(CCCO)cc2)ccc1-c1cc(C(=O)NO)c2cnccc2n1. The number of carbonyl (C=O) groups is 1. The Labute approximate surface area is 180 Å². The average Bonchev–Trinajstić information content (AvgIpc) is 2.81. The molecule has 6 heteroatoms. The van der Waals surface area contributed by atoms with Gasteiger partial charge in [0.05, 0.1) is 16.8 Å². The van der Waals surface area contributed by atoms with E-state index < -0.39 is 5.91 Å². The van der Waals surface area contributed by atoms with Gasteiger partial charge in [-0.1, -0.05) is 42.5 Å². The van der Waals surface area contributed by atoms with Gasteiger partial charge in [-0.2, -0.15) is 0 Å². The van der Waals surface area contributed by atoms with Crippen LogP contribution in [0.15, 0.2) is 67.0 Å². The lowest BCUT2D eigenvalue weighted by Crippen LogP contribution is -2.19. The van der Waals surface area contributed by atoms with E-state index in [2.05, 4.69) is 35.3 Å². The third-order valence-corrected chi connectivity index (χ3v) is 5.37. The lowest BCUT2D eigenvalue weighted by Gasteiger charge is -2.12. The largest absolute Gasteiger partial charge is 0.396 e. The molecule has 0 aliphatic carbocycles. The van der Waals surface area contributed by atoms with Gasteiger partial charge in [-0.05, 0) is 54.2 Å². The quantitative estimate of drug-likeness (QED) is 0.323. The van der Waals surface area contributed by atoms with Gasteiger partial charge in [0.25, 0.3) is 5.91 Å². The molecule has 0 saturated carbocycles. The molecule has 0 atom stereocenters. The number of hydrogen-bond donors (Lipinski definition) is 3. The molecule has 6 nitrogen and oxygen atoms in total. The van der Waals surface area contributed by atoms with E-state index in [1.807, 2.05) is 19.1 Å². The van der Waals surface area contributed by atoms with E-state index in [-0.39, 0.29) is 6.61 Å². The number of pyridine rings is 2. The number of fused-ring (bicyclic) bond motifs is 1. The number of nitrogens with zero attached hydrogens (tertiary/aromatic N) is 2. The molecule has 0 spiro atoms. The van der Waals surface area contributed by atoms with Gasteiger partial charge in [0.15, 0.2) is 0 Å². The van der Waals surface area contributed by atoms with Crippen LogP contribution >= 0.6 is 0 Å². The lowest BCUT2D eigenvalue weighted by atomic mass is 9.96. The monoisotopic (exact) mass is 413 g/mol. The van der Waals surface area contributed by atoms with Crippen LogP contribution < -0.4 is 5.48 Å². The van der Waals surface area contributed by atoms with Crippen LogP contribution in [0.25, 0.3) is 33.3 Å². The summed E-state index contributed by atoms with van der Waals surface area (Å²) in [5, 5.41) is 18.7. The highest BCUT2D eigenvalue weighted by atomic mass is 16.5. The van der Waals surface area contributed by atoms with Gasteiger partial charge in [0.2, 0.25) is 0 Å². The second-order valence-corrected chi connectivity index (χ2v) is 7.44. The molecule has 2 aromatic heterocycles. The van der Waals surface area contributed by atoms with Crippen LogP contribution in [0.2, 0.25) is 0 Å². The Hall–Kier alpha value is -3.61. The topological polar surface area (TPSA) is 95.3 Å². The van der Waals surface area contributed by atoms with Gasteiger partial charge in [0, 0.05) is 30.0 Å². The minimum atomic E-state index is -0.600. The van der Waals surface area contributed by atoms with Gasteiger partial charge >= 0.3 is 0 Å². The third-order valence-electron chi connectivity index (χ3n) is 5.37. The predicted octanol–water partition coefficient (Wildman–Crippen LogP) is 4.32. The molecule has 31 heavy (non-hydrogen) atoms. The number of aromatic nitrogens is 2. The Morgan fingerprint density at radius 1 is 1.03 bits per heavy atom. The molecule has 0 aliphatic rings. The van der Waals surface area contributed by atoms with Crippen molar-refractivity contribution in [3.8, 4) is 22.4 Å². The maximum absolute atomic E-state index is 12.2. The molecule has 0 fully saturated rings. The zero-order valence-corrected chi connectivity index (χ0v) is 17.2. The standard InChI is InChI=1S/C25H23N3O3/c1-16-13-19(18-6-4-17(5-7-18)3-2-12-29)8-9-20(16)24-14-21(25(30)28-31)22-15-26-11-10-23(22)27-24/h4-11,13-15,29,31H,2-3,12H2,1H3,(H,28,30). The Morgan fingerprint density at radius 2 is 1.81 bits per heavy atom. The lowest BCUT2D eigenvalue weighted by molar-refractivity contribution is 0.0708. The normalized spacial score (nSPS) is 10.9. The minimum absolute atomic E-state index is 0.198. The van der Waals surface area contributed by atoms with Crippen LogP contribution in [0.1, 0.15) is 27.9 Å². The summed E-state index contributed by atoms with van der Waals surface area (Å²) >= 11 is 0. The summed E-state index contributed by atoms with van der Waals surface area (Å²) in [4.78, 5) is 21.0. The van der Waals surface area contributed by atoms with Gasteiger partial charge in [0.1, 0.15) is 0 Å². The Bertz CT molecular complexity index is 1240. The molecule has 0 unspecified atom stereocenters. The average molecular weight is 413 g/mol. The molecular weight excluding hydrogens is 390 g/mol. The number of benzene rings is 2. The van der Waals surface area contributed by atoms with Crippen LogP contribution in [-0.4, -0.2) is 32.8 Å². The maximum Gasteiger partial charge on any atom is 0.275 e. The Morgan fingerprint density at radius 3 is 2.52 bits per heavy atom. The minimum Gasteiger partial charge on any atom is -0.396 e. The summed E-state index contributed by atoms with van der Waals surface area (Å²) in [5.41, 5.74) is 8.65. The fourth-order valence-corrected chi connectivity index (χ4v) is 3.73. The zero-order chi connectivity index (χ0) is 21.8. The van der Waals surface area contributed by atoms with E-state index in [0.29, 0.717) is 22.2 Å². The summed E-state index contributed by atoms with van der Waals surface area (Å²) in [6.07, 6.45) is 4.82. The number of aliphatic hydroxyl groups excluding tert-OH is 1. The zero-order valence-electron chi connectivity index (χ0n) is 17.2. The first-order valence-corrected chi connectivity index (χ1v) is 10.1. The van der Waals surface area contributed by atoms with E-state index >= 15 is 0 Å². The van der Waals surface area contributed by atoms with Crippen LogP contribution in [0, 0.1) is 6.92 Å². The fraction of sp³-hybridized carbons (Fsp3) is 0.160. The van der Waals surface area contributed by atoms with E-state index in [1.54, 1.807) is 30.0 Å². The number of hydrogen-bond acceptors (Lipinski definition) is 5. The molecular formula is C25H23N3O3. The Kier molecular flexibility index (Phi) is 6.02. The van der Waals surface area contributed by atoms with E-state index in [0.717, 1.165) is 35.1 Å². The number of hydroxylamine groups is 1. The third kappa shape index (κ3) is 4.30. The molecule has 4 aromatic rings. The highest BCUT2D eigenvalue weighted by molar-refractivity contribution is 6.06. The van der Waals surface area contributed by atoms with Crippen molar-refractivity contribution in [2.24, 2.45) is 0 Å². The van der Waals surface area contributed by atoms with Gasteiger partial charge in [-0.3, -0.25) is 15.0 Å². The van der Waals surface area contributed by atoms with E-state index in [1.165, 1.54) is 5.56 Å². The van der Waals surface area contributed by atoms with Crippen molar-refractivity contribution in [1.82, 2.24) is 15.4 Å². The molecule has 0 saturated heterocycles. The van der Waals surface area contributed by atoms with Crippen molar-refractivity contribution < 1.29 is 15.1 Å². The van der Waals surface area contributed by atoms with Crippen molar-refractivity contribution in [2.45, 2.75) is 19.8 Å². The van der Waals surface area contributed by atoms with E-state index in [4.69, 9.17) is 15.3 Å². The molecule has 2 heterocycles. The number of amides is 1. The highest BCUT2D eigenvalue weighted by Gasteiger charge is 2.15. The first-order valence-electron chi connectivity index (χ1n) is 10.1. The molecule has 0 radical (unpaired) electrons. The van der Waals surface area contributed by atoms with Crippen molar-refractivity contribution in [2.75, 3.05) is 6.61 Å². The smallest absolute Gasteiger partial charge is 0.275 e. The number of nitrogens with one attached hydrogen (secondary N) is 1. The van der Waals surface area contributed by atoms with Crippen LogP contribution in [0.4, 0.5) is 0 Å². The van der Waals surface area contributed by atoms with Crippen LogP contribution in [0.5, 0.6) is 0 Å². The van der Waals surface area contributed by atoms with Crippen molar-refractivity contribution in [3.05, 3.63) is 83.7 Å². The number of carbonyl (C=O) groups excluding carboxylic acids is 1. The maximum atomic E-state index is 12.2.